The summed E-state index contributed by atoms with van der Waals surface area (Å²) in [7, 11) is 3.32. The summed E-state index contributed by atoms with van der Waals surface area (Å²) in [5, 5.41) is 0. The number of rotatable bonds is 5. The zero-order chi connectivity index (χ0) is 23.0. The largest absolute Gasteiger partial charge is 0.417 e. The summed E-state index contributed by atoms with van der Waals surface area (Å²) in [6.45, 7) is 3.72. The molecule has 1 aliphatic heterocycles. The molecule has 4 rings (SSSR count). The average Bonchev–Trinajstić information content (AvgIpc) is 3.16. The van der Waals surface area contributed by atoms with Gasteiger partial charge in [-0.1, -0.05) is 0 Å². The van der Waals surface area contributed by atoms with Crippen LogP contribution in [-0.4, -0.2) is 61.3 Å². The molecule has 1 aliphatic rings. The summed E-state index contributed by atoms with van der Waals surface area (Å²) in [6, 6.07) is 2.45. The van der Waals surface area contributed by atoms with Crippen molar-refractivity contribution in [2.24, 2.45) is 14.1 Å². The van der Waals surface area contributed by atoms with E-state index in [2.05, 4.69) is 14.9 Å². The molecule has 0 radical (unpaired) electrons. The van der Waals surface area contributed by atoms with Gasteiger partial charge in [-0.25, -0.2) is 14.8 Å². The molecule has 4 heterocycles. The maximum absolute atomic E-state index is 12.7. The van der Waals surface area contributed by atoms with Gasteiger partial charge in [-0.2, -0.15) is 13.2 Å². The molecule has 1 fully saturated rings. The quantitative estimate of drug-likeness (QED) is 0.577. The molecule has 3 aromatic rings. The fourth-order valence-electron chi connectivity index (χ4n) is 3.99. The van der Waals surface area contributed by atoms with Crippen molar-refractivity contribution in [1.29, 1.82) is 0 Å². The first kappa shape index (κ1) is 22.1. The molecule has 3 aromatic heterocycles. The second-order valence-corrected chi connectivity index (χ2v) is 7.91. The van der Waals surface area contributed by atoms with Gasteiger partial charge in [0.2, 0.25) is 0 Å². The molecule has 0 unspecified atom stereocenters. The molecule has 0 bridgehead atoms. The fourth-order valence-corrected chi connectivity index (χ4v) is 3.99. The number of piperazine rings is 1. The minimum atomic E-state index is -4.39. The lowest BCUT2D eigenvalue weighted by atomic mass is 10.2. The van der Waals surface area contributed by atoms with Crippen molar-refractivity contribution in [2.45, 2.75) is 19.1 Å². The van der Waals surface area contributed by atoms with Gasteiger partial charge in [-0.05, 0) is 25.1 Å². The average molecular weight is 451 g/mol. The van der Waals surface area contributed by atoms with Gasteiger partial charge >= 0.3 is 11.9 Å². The van der Waals surface area contributed by atoms with Gasteiger partial charge in [0.05, 0.1) is 11.9 Å². The van der Waals surface area contributed by atoms with Crippen LogP contribution in [0.25, 0.3) is 11.2 Å². The molecule has 0 spiro atoms. The van der Waals surface area contributed by atoms with Gasteiger partial charge in [-0.3, -0.25) is 18.8 Å². The van der Waals surface area contributed by atoms with Crippen molar-refractivity contribution in [1.82, 2.24) is 28.6 Å². The molecule has 172 valence electrons. The van der Waals surface area contributed by atoms with E-state index in [0.717, 1.165) is 25.4 Å². The molecule has 12 heteroatoms. The number of halogens is 3. The summed E-state index contributed by atoms with van der Waals surface area (Å²) in [5.74, 6) is 0.525. The zero-order valence-corrected chi connectivity index (χ0v) is 17.8. The Morgan fingerprint density at radius 2 is 1.72 bits per heavy atom. The summed E-state index contributed by atoms with van der Waals surface area (Å²) in [6.07, 6.45) is -1.40. The van der Waals surface area contributed by atoms with E-state index in [1.807, 2.05) is 4.90 Å². The molecule has 9 nitrogen and oxygen atoms in total. The van der Waals surface area contributed by atoms with Crippen LogP contribution < -0.4 is 16.1 Å². The third kappa shape index (κ3) is 4.14. The van der Waals surface area contributed by atoms with E-state index in [0.29, 0.717) is 49.6 Å². The molecule has 0 amide bonds. The second kappa shape index (κ2) is 8.41. The number of anilines is 1. The minimum absolute atomic E-state index is 0.299. The number of hydrogen-bond acceptors (Lipinski definition) is 6. The highest BCUT2D eigenvalue weighted by atomic mass is 19.4. The van der Waals surface area contributed by atoms with Crippen LogP contribution in [0.1, 0.15) is 12.0 Å². The van der Waals surface area contributed by atoms with Crippen LogP contribution in [0.5, 0.6) is 0 Å². The van der Waals surface area contributed by atoms with Crippen LogP contribution in [0.3, 0.4) is 0 Å². The first-order chi connectivity index (χ1) is 15.2. The predicted molar refractivity (Wildman–Crippen MR) is 113 cm³/mol. The normalized spacial score (nSPS) is 15.6. The lowest BCUT2D eigenvalue weighted by molar-refractivity contribution is -0.137. The first-order valence-electron chi connectivity index (χ1n) is 10.3. The molecular weight excluding hydrogens is 427 g/mol. The number of nitrogens with zero attached hydrogens (tertiary/aromatic N) is 7. The van der Waals surface area contributed by atoms with E-state index < -0.39 is 11.7 Å². The summed E-state index contributed by atoms with van der Waals surface area (Å²) >= 11 is 0. The summed E-state index contributed by atoms with van der Waals surface area (Å²) in [4.78, 5) is 37.5. The van der Waals surface area contributed by atoms with E-state index in [1.165, 1.54) is 21.5 Å². The highest BCUT2D eigenvalue weighted by Gasteiger charge is 2.31. The van der Waals surface area contributed by atoms with E-state index in [9.17, 15) is 22.8 Å². The van der Waals surface area contributed by atoms with E-state index >= 15 is 0 Å². The zero-order valence-electron chi connectivity index (χ0n) is 17.8. The van der Waals surface area contributed by atoms with Crippen LogP contribution in [0.15, 0.2) is 34.2 Å². The van der Waals surface area contributed by atoms with Crippen molar-refractivity contribution in [3.63, 3.8) is 0 Å². The number of imidazole rings is 1. The Morgan fingerprint density at radius 1 is 1.00 bits per heavy atom. The predicted octanol–water partition coefficient (Wildman–Crippen LogP) is 1.06. The minimum Gasteiger partial charge on any atom is -0.354 e. The Morgan fingerprint density at radius 3 is 2.34 bits per heavy atom. The van der Waals surface area contributed by atoms with Crippen molar-refractivity contribution in [2.75, 3.05) is 37.6 Å². The van der Waals surface area contributed by atoms with Gasteiger partial charge in [0.15, 0.2) is 11.2 Å². The van der Waals surface area contributed by atoms with Crippen LogP contribution in [0.4, 0.5) is 19.0 Å². The smallest absolute Gasteiger partial charge is 0.354 e. The molecule has 0 aromatic carbocycles. The number of aromatic nitrogens is 5. The van der Waals surface area contributed by atoms with Crippen molar-refractivity contribution < 1.29 is 13.2 Å². The standard InChI is InChI=1S/C20H24F3N7O2/c1-26-13-25-17-16(26)18(31)30(19(32)27(17)2)7-3-6-28-8-10-29(11-9-28)15-5-4-14(12-24-15)20(21,22)23/h4-5,12-13H,3,6-11H2,1-2H3. The molecule has 1 saturated heterocycles. The molecule has 32 heavy (non-hydrogen) atoms. The number of pyridine rings is 1. The van der Waals surface area contributed by atoms with Crippen LogP contribution >= 0.6 is 0 Å². The molecule has 0 saturated carbocycles. The van der Waals surface area contributed by atoms with Crippen molar-refractivity contribution in [3.8, 4) is 0 Å². The Labute approximate surface area is 181 Å². The third-order valence-corrected chi connectivity index (χ3v) is 5.83. The number of aryl methyl sites for hydroxylation is 2. The second-order valence-electron chi connectivity index (χ2n) is 7.91. The van der Waals surface area contributed by atoms with Crippen LogP contribution in [0, 0.1) is 0 Å². The highest BCUT2D eigenvalue weighted by molar-refractivity contribution is 5.69. The summed E-state index contributed by atoms with van der Waals surface area (Å²) in [5.41, 5.74) is -0.734. The molecule has 0 N–H and O–H groups in total. The molecular formula is C20H24F3N7O2. The van der Waals surface area contributed by atoms with E-state index in [4.69, 9.17) is 0 Å². The fraction of sp³-hybridized carbons (Fsp3) is 0.500. The van der Waals surface area contributed by atoms with Gasteiger partial charge in [0.25, 0.3) is 5.56 Å². The Balaban J connectivity index is 1.34. The Kier molecular flexibility index (Phi) is 5.80. The Bertz CT molecular complexity index is 1220. The van der Waals surface area contributed by atoms with E-state index in [-0.39, 0.29) is 11.2 Å². The van der Waals surface area contributed by atoms with Gasteiger partial charge in [0.1, 0.15) is 5.82 Å². The van der Waals surface area contributed by atoms with Crippen molar-refractivity contribution in [3.05, 3.63) is 51.1 Å². The number of alkyl halides is 3. The van der Waals surface area contributed by atoms with Crippen molar-refractivity contribution >= 4 is 17.0 Å². The van der Waals surface area contributed by atoms with Gasteiger partial charge < -0.3 is 9.47 Å². The van der Waals surface area contributed by atoms with Gasteiger partial charge in [-0.15, -0.1) is 0 Å². The number of fused-ring (bicyclic) bond motifs is 1. The van der Waals surface area contributed by atoms with Crippen LogP contribution in [0.2, 0.25) is 0 Å². The molecule has 0 atom stereocenters. The van der Waals surface area contributed by atoms with E-state index in [1.54, 1.807) is 18.7 Å². The molecule has 0 aliphatic carbocycles. The maximum atomic E-state index is 12.7. The number of hydrogen-bond donors (Lipinski definition) is 0. The SMILES string of the molecule is Cn1cnc2c1c(=O)n(CCCN1CCN(c3ccc(C(F)(F)F)cn3)CC1)c(=O)n2C. The maximum Gasteiger partial charge on any atom is 0.417 e. The monoisotopic (exact) mass is 451 g/mol. The first-order valence-corrected chi connectivity index (χ1v) is 10.3. The topological polar surface area (TPSA) is 81.2 Å². The Hall–Kier alpha value is -3.15. The van der Waals surface area contributed by atoms with Gasteiger partial charge in [0, 0.05) is 53.0 Å². The summed E-state index contributed by atoms with van der Waals surface area (Å²) < 4.78 is 42.3. The van der Waals surface area contributed by atoms with Crippen LogP contribution in [-0.2, 0) is 26.8 Å². The highest BCUT2D eigenvalue weighted by Crippen LogP contribution is 2.29. The lowest BCUT2D eigenvalue weighted by Crippen LogP contribution is -2.47. The lowest BCUT2D eigenvalue weighted by Gasteiger charge is -2.35. The third-order valence-electron chi connectivity index (χ3n) is 5.83.